The van der Waals surface area contributed by atoms with Crippen molar-refractivity contribution in [2.75, 3.05) is 0 Å². The van der Waals surface area contributed by atoms with Crippen LogP contribution >= 0.6 is 0 Å². The molecular formula is C11H8N4. The fourth-order valence-corrected chi connectivity index (χ4v) is 1.58. The lowest BCUT2D eigenvalue weighted by atomic mass is 10.2. The number of nitrogens with one attached hydrogen (secondary N) is 1. The molecule has 3 heterocycles. The van der Waals surface area contributed by atoms with Crippen LogP contribution in [0.15, 0.2) is 43.1 Å². The number of aromatic nitrogens is 4. The highest BCUT2D eigenvalue weighted by molar-refractivity contribution is 5.88. The van der Waals surface area contributed by atoms with Gasteiger partial charge in [-0.25, -0.2) is 4.98 Å². The van der Waals surface area contributed by atoms with Gasteiger partial charge in [-0.3, -0.25) is 9.97 Å². The van der Waals surface area contributed by atoms with E-state index in [1.165, 1.54) is 0 Å². The van der Waals surface area contributed by atoms with Crippen molar-refractivity contribution in [2.24, 2.45) is 0 Å². The van der Waals surface area contributed by atoms with Gasteiger partial charge < -0.3 is 4.98 Å². The topological polar surface area (TPSA) is 54.5 Å². The summed E-state index contributed by atoms with van der Waals surface area (Å²) in [6.45, 7) is 0. The molecule has 3 aromatic rings. The van der Waals surface area contributed by atoms with Crippen molar-refractivity contribution in [1.82, 2.24) is 19.9 Å². The number of hydrogen-bond acceptors (Lipinski definition) is 3. The van der Waals surface area contributed by atoms with Crippen molar-refractivity contribution in [3.8, 4) is 11.3 Å². The van der Waals surface area contributed by atoms with Crippen LogP contribution < -0.4 is 0 Å². The van der Waals surface area contributed by atoms with Crippen molar-refractivity contribution in [1.29, 1.82) is 0 Å². The minimum atomic E-state index is 0.863. The first-order valence-electron chi connectivity index (χ1n) is 4.63. The summed E-state index contributed by atoms with van der Waals surface area (Å²) in [6.07, 6.45) is 6.97. The Morgan fingerprint density at radius 2 is 2.07 bits per heavy atom. The Labute approximate surface area is 86.0 Å². The summed E-state index contributed by atoms with van der Waals surface area (Å²) in [5.41, 5.74) is 3.71. The smallest absolute Gasteiger partial charge is 0.115 e. The highest BCUT2D eigenvalue weighted by Gasteiger charge is 2.06. The van der Waals surface area contributed by atoms with Crippen molar-refractivity contribution in [3.63, 3.8) is 0 Å². The molecule has 4 nitrogen and oxygen atoms in total. The van der Waals surface area contributed by atoms with Crippen LogP contribution in [0.2, 0.25) is 0 Å². The first-order chi connectivity index (χ1) is 7.45. The van der Waals surface area contributed by atoms with Crippen LogP contribution in [0.5, 0.6) is 0 Å². The van der Waals surface area contributed by atoms with Crippen molar-refractivity contribution in [3.05, 3.63) is 43.1 Å². The number of hydrogen-bond donors (Lipinski definition) is 1. The predicted octanol–water partition coefficient (Wildman–Crippen LogP) is 2.02. The zero-order valence-electron chi connectivity index (χ0n) is 7.88. The second-order valence-corrected chi connectivity index (χ2v) is 3.20. The van der Waals surface area contributed by atoms with Crippen LogP contribution in [0.25, 0.3) is 22.3 Å². The van der Waals surface area contributed by atoms with E-state index in [-0.39, 0.29) is 0 Å². The summed E-state index contributed by atoms with van der Waals surface area (Å²) in [7, 11) is 0. The largest absolute Gasteiger partial charge is 0.344 e. The van der Waals surface area contributed by atoms with Gasteiger partial charge in [0.05, 0.1) is 17.5 Å². The minimum absolute atomic E-state index is 0.863. The quantitative estimate of drug-likeness (QED) is 0.647. The fourth-order valence-electron chi connectivity index (χ4n) is 1.58. The minimum Gasteiger partial charge on any atom is -0.344 e. The molecule has 1 N–H and O–H groups in total. The second-order valence-electron chi connectivity index (χ2n) is 3.20. The standard InChI is InChI=1S/C11H8N4/c1-2-8(6-12-4-1)10-11-9(3-5-13-10)14-7-15-11/h1-7H,(H,14,15). The van der Waals surface area contributed by atoms with Gasteiger partial charge in [0.15, 0.2) is 0 Å². The Morgan fingerprint density at radius 3 is 2.93 bits per heavy atom. The van der Waals surface area contributed by atoms with E-state index in [0.717, 1.165) is 22.3 Å². The maximum absolute atomic E-state index is 4.33. The molecule has 0 aliphatic rings. The van der Waals surface area contributed by atoms with Gasteiger partial charge in [0.25, 0.3) is 0 Å². The van der Waals surface area contributed by atoms with Crippen LogP contribution in [0.4, 0.5) is 0 Å². The van der Waals surface area contributed by atoms with Crippen molar-refractivity contribution in [2.45, 2.75) is 0 Å². The van der Waals surface area contributed by atoms with Gasteiger partial charge in [-0.2, -0.15) is 0 Å². The van der Waals surface area contributed by atoms with E-state index in [2.05, 4.69) is 19.9 Å². The van der Waals surface area contributed by atoms with Crippen LogP contribution in [-0.4, -0.2) is 19.9 Å². The lowest BCUT2D eigenvalue weighted by Gasteiger charge is -1.99. The van der Waals surface area contributed by atoms with Gasteiger partial charge >= 0.3 is 0 Å². The Hall–Kier alpha value is -2.23. The Bertz CT molecular complexity index is 586. The number of H-pyrrole nitrogens is 1. The first-order valence-corrected chi connectivity index (χ1v) is 4.63. The van der Waals surface area contributed by atoms with Crippen LogP contribution in [-0.2, 0) is 0 Å². The molecule has 0 spiro atoms. The normalized spacial score (nSPS) is 10.7. The molecule has 15 heavy (non-hydrogen) atoms. The molecule has 0 amide bonds. The lowest BCUT2D eigenvalue weighted by Crippen LogP contribution is -1.85. The summed E-state index contributed by atoms with van der Waals surface area (Å²) >= 11 is 0. The van der Waals surface area contributed by atoms with Crippen LogP contribution in [0, 0.1) is 0 Å². The van der Waals surface area contributed by atoms with Crippen LogP contribution in [0.3, 0.4) is 0 Å². The van der Waals surface area contributed by atoms with Crippen LogP contribution in [0.1, 0.15) is 0 Å². The number of pyridine rings is 2. The van der Waals surface area contributed by atoms with Gasteiger partial charge in [-0.1, -0.05) is 0 Å². The summed E-state index contributed by atoms with van der Waals surface area (Å²) in [6, 6.07) is 5.77. The van der Waals surface area contributed by atoms with Gasteiger partial charge in [0, 0.05) is 24.2 Å². The molecular weight excluding hydrogens is 188 g/mol. The molecule has 0 fully saturated rings. The molecule has 4 heteroatoms. The number of nitrogens with zero attached hydrogens (tertiary/aromatic N) is 3. The third-order valence-corrected chi connectivity index (χ3v) is 2.27. The monoisotopic (exact) mass is 196 g/mol. The summed E-state index contributed by atoms with van der Waals surface area (Å²) in [4.78, 5) is 15.7. The van der Waals surface area contributed by atoms with E-state index in [1.54, 1.807) is 24.9 Å². The van der Waals surface area contributed by atoms with Crippen molar-refractivity contribution < 1.29 is 0 Å². The van der Waals surface area contributed by atoms with E-state index < -0.39 is 0 Å². The second kappa shape index (κ2) is 3.16. The highest BCUT2D eigenvalue weighted by atomic mass is 14.9. The summed E-state index contributed by atoms with van der Waals surface area (Å²) < 4.78 is 0. The molecule has 0 saturated heterocycles. The number of aromatic amines is 1. The molecule has 0 atom stereocenters. The molecule has 0 bridgehead atoms. The number of rotatable bonds is 1. The SMILES string of the molecule is c1cncc(-c2nccc3[nH]cnc23)c1. The predicted molar refractivity (Wildman–Crippen MR) is 57.1 cm³/mol. The average Bonchev–Trinajstić information content (AvgIpc) is 2.78. The molecule has 3 rings (SSSR count). The van der Waals surface area contributed by atoms with Crippen molar-refractivity contribution >= 4 is 11.0 Å². The van der Waals surface area contributed by atoms with E-state index in [0.29, 0.717) is 0 Å². The Morgan fingerprint density at radius 1 is 1.07 bits per heavy atom. The van der Waals surface area contributed by atoms with Gasteiger partial charge in [0.1, 0.15) is 5.52 Å². The van der Waals surface area contributed by atoms with Gasteiger partial charge in [-0.05, 0) is 18.2 Å². The Kier molecular flexibility index (Phi) is 1.71. The van der Waals surface area contributed by atoms with E-state index in [4.69, 9.17) is 0 Å². The van der Waals surface area contributed by atoms with Gasteiger partial charge in [-0.15, -0.1) is 0 Å². The molecule has 0 aliphatic heterocycles. The molecule has 0 aliphatic carbocycles. The molecule has 0 radical (unpaired) electrons. The summed E-state index contributed by atoms with van der Waals surface area (Å²) in [5, 5.41) is 0. The average molecular weight is 196 g/mol. The van der Waals surface area contributed by atoms with E-state index in [1.807, 2.05) is 18.2 Å². The lowest BCUT2D eigenvalue weighted by molar-refractivity contribution is 1.28. The zero-order valence-corrected chi connectivity index (χ0v) is 7.88. The Balaban J connectivity index is 2.31. The molecule has 0 unspecified atom stereocenters. The third-order valence-electron chi connectivity index (χ3n) is 2.27. The molecule has 0 aromatic carbocycles. The molecule has 3 aromatic heterocycles. The maximum atomic E-state index is 4.33. The fraction of sp³-hybridized carbons (Fsp3) is 0. The van der Waals surface area contributed by atoms with E-state index >= 15 is 0 Å². The molecule has 0 saturated carbocycles. The number of imidazole rings is 1. The highest BCUT2D eigenvalue weighted by Crippen LogP contribution is 2.22. The molecule has 72 valence electrons. The van der Waals surface area contributed by atoms with E-state index in [9.17, 15) is 0 Å². The maximum Gasteiger partial charge on any atom is 0.115 e. The number of fused-ring (bicyclic) bond motifs is 1. The zero-order chi connectivity index (χ0) is 10.1. The third kappa shape index (κ3) is 1.27. The summed E-state index contributed by atoms with van der Waals surface area (Å²) in [5.74, 6) is 0. The van der Waals surface area contributed by atoms with Gasteiger partial charge in [0.2, 0.25) is 0 Å². The first kappa shape index (κ1) is 8.11.